The van der Waals surface area contributed by atoms with Crippen molar-refractivity contribution in [3.63, 3.8) is 0 Å². The van der Waals surface area contributed by atoms with E-state index in [0.717, 1.165) is 0 Å². The van der Waals surface area contributed by atoms with E-state index in [0.29, 0.717) is 26.2 Å². The van der Waals surface area contributed by atoms with Crippen LogP contribution in [0.2, 0.25) is 0 Å². The Kier molecular flexibility index (Phi) is 5.00. The zero-order valence-corrected chi connectivity index (χ0v) is 11.8. The quantitative estimate of drug-likeness (QED) is 0.560. The van der Waals surface area contributed by atoms with Gasteiger partial charge in [-0.3, -0.25) is 0 Å². The first-order valence-corrected chi connectivity index (χ1v) is 6.21. The molecule has 1 fully saturated rings. The number of carboxylic acid groups (broad SMARTS) is 1. The minimum atomic E-state index is -1.34. The second kappa shape index (κ2) is 6.31. The summed E-state index contributed by atoms with van der Waals surface area (Å²) in [6, 6.07) is -0.545. The van der Waals surface area contributed by atoms with Crippen LogP contribution in [0.5, 0.6) is 0 Å². The Morgan fingerprint density at radius 1 is 1.00 bits per heavy atom. The van der Waals surface area contributed by atoms with Gasteiger partial charge in [-0.05, 0) is 20.8 Å². The number of hydrazine groups is 1. The molecule has 3 N–H and O–H groups in total. The van der Waals surface area contributed by atoms with E-state index in [1.54, 1.807) is 26.2 Å². The van der Waals surface area contributed by atoms with Crippen molar-refractivity contribution in [1.29, 1.82) is 0 Å². The van der Waals surface area contributed by atoms with Gasteiger partial charge in [-0.15, -0.1) is 0 Å². The molecule has 114 valence electrons. The van der Waals surface area contributed by atoms with E-state index in [1.165, 1.54) is 9.80 Å². The summed E-state index contributed by atoms with van der Waals surface area (Å²) in [6.45, 7) is 6.66. The summed E-state index contributed by atoms with van der Waals surface area (Å²) in [6.07, 6.45) is -1.76. The summed E-state index contributed by atoms with van der Waals surface area (Å²) in [5, 5.41) is 8.37. The van der Waals surface area contributed by atoms with E-state index in [-0.39, 0.29) is 0 Å². The topological polar surface area (TPSA) is 111 Å². The van der Waals surface area contributed by atoms with Gasteiger partial charge in [0.05, 0.1) is 0 Å². The van der Waals surface area contributed by atoms with E-state index in [2.05, 4.69) is 0 Å². The third-order valence-electron chi connectivity index (χ3n) is 2.49. The lowest BCUT2D eigenvalue weighted by Gasteiger charge is -2.35. The van der Waals surface area contributed by atoms with Gasteiger partial charge in [-0.25, -0.2) is 25.2 Å². The number of hydrogen-bond donors (Lipinski definition) is 3. The van der Waals surface area contributed by atoms with Gasteiger partial charge in [0.25, 0.3) is 0 Å². The molecule has 4 amide bonds. The highest BCUT2D eigenvalue weighted by Gasteiger charge is 2.27. The molecule has 0 spiro atoms. The molecule has 0 aromatic heterocycles. The molecule has 0 aliphatic carbocycles. The van der Waals surface area contributed by atoms with Crippen LogP contribution in [0, 0.1) is 0 Å². The first-order chi connectivity index (χ1) is 9.19. The maximum absolute atomic E-state index is 11.8. The van der Waals surface area contributed by atoms with Crippen molar-refractivity contribution in [2.75, 3.05) is 26.2 Å². The maximum atomic E-state index is 11.8. The first-order valence-electron chi connectivity index (χ1n) is 6.21. The van der Waals surface area contributed by atoms with Crippen molar-refractivity contribution in [2.45, 2.75) is 26.4 Å². The van der Waals surface area contributed by atoms with Crippen LogP contribution in [0.4, 0.5) is 14.4 Å². The predicted octanol–water partition coefficient (Wildman–Crippen LogP) is 0.431. The molecule has 20 heavy (non-hydrogen) atoms. The van der Waals surface area contributed by atoms with Crippen molar-refractivity contribution >= 4 is 18.2 Å². The molecule has 0 bridgehead atoms. The number of hydrogen-bond acceptors (Lipinski definition) is 4. The van der Waals surface area contributed by atoms with Crippen LogP contribution in [0.25, 0.3) is 0 Å². The molecule has 1 rings (SSSR count). The summed E-state index contributed by atoms with van der Waals surface area (Å²) in [4.78, 5) is 36.5. The third kappa shape index (κ3) is 5.21. The second-order valence-corrected chi connectivity index (χ2v) is 5.31. The van der Waals surface area contributed by atoms with Crippen LogP contribution in [0.15, 0.2) is 0 Å². The Bertz CT molecular complexity index is 385. The van der Waals surface area contributed by atoms with Gasteiger partial charge >= 0.3 is 18.2 Å². The van der Waals surface area contributed by atoms with Crippen LogP contribution < -0.4 is 10.9 Å². The van der Waals surface area contributed by atoms with Crippen molar-refractivity contribution < 1.29 is 24.2 Å². The van der Waals surface area contributed by atoms with Crippen molar-refractivity contribution in [3.8, 4) is 0 Å². The molecule has 1 aliphatic heterocycles. The first kappa shape index (κ1) is 15.9. The molecule has 0 aromatic carbocycles. The zero-order valence-electron chi connectivity index (χ0n) is 11.8. The van der Waals surface area contributed by atoms with Gasteiger partial charge in [-0.2, -0.15) is 0 Å². The van der Waals surface area contributed by atoms with Gasteiger partial charge < -0.3 is 19.6 Å². The molecule has 0 saturated carbocycles. The fourth-order valence-corrected chi connectivity index (χ4v) is 1.60. The Morgan fingerprint density at radius 3 is 1.95 bits per heavy atom. The van der Waals surface area contributed by atoms with Crippen molar-refractivity contribution in [1.82, 2.24) is 20.7 Å². The number of amides is 4. The minimum absolute atomic E-state index is 0.312. The van der Waals surface area contributed by atoms with E-state index in [1.807, 2.05) is 5.43 Å². The lowest BCUT2D eigenvalue weighted by molar-refractivity contribution is 0.0169. The maximum Gasteiger partial charge on any atom is 0.423 e. The van der Waals surface area contributed by atoms with Crippen LogP contribution in [0.3, 0.4) is 0 Å². The summed E-state index contributed by atoms with van der Waals surface area (Å²) < 4.78 is 5.23. The number of urea groups is 1. The van der Waals surface area contributed by atoms with Gasteiger partial charge in [-0.1, -0.05) is 0 Å². The summed E-state index contributed by atoms with van der Waals surface area (Å²) >= 11 is 0. The number of piperazine rings is 1. The Labute approximate surface area is 116 Å². The highest BCUT2D eigenvalue weighted by molar-refractivity contribution is 5.77. The molecule has 0 radical (unpaired) electrons. The zero-order chi connectivity index (χ0) is 15.3. The standard InChI is InChI=1S/C11H20N4O5/c1-11(2,3)20-10(19)15-6-4-14(5-7-15)8(16)12-13-9(17)18/h13H,4-7H2,1-3H3,(H,12,16)(H,17,18). The number of nitrogens with zero attached hydrogens (tertiary/aromatic N) is 2. The number of rotatable bonds is 0. The fraction of sp³-hybridized carbons (Fsp3) is 0.727. The molecule has 0 atom stereocenters. The van der Waals surface area contributed by atoms with Crippen LogP contribution in [0.1, 0.15) is 20.8 Å². The molecule has 9 heteroatoms. The average Bonchev–Trinajstić information content (AvgIpc) is 2.34. The molecule has 0 unspecified atom stereocenters. The predicted molar refractivity (Wildman–Crippen MR) is 69.1 cm³/mol. The second-order valence-electron chi connectivity index (χ2n) is 5.31. The molecule has 1 heterocycles. The molecular formula is C11H20N4O5. The van der Waals surface area contributed by atoms with Crippen LogP contribution in [-0.2, 0) is 4.74 Å². The monoisotopic (exact) mass is 288 g/mol. The van der Waals surface area contributed by atoms with E-state index >= 15 is 0 Å². The molecule has 0 aromatic rings. The Balaban J connectivity index is 2.38. The summed E-state index contributed by atoms with van der Waals surface area (Å²) in [5.74, 6) is 0. The normalized spacial score (nSPS) is 15.6. The molecule has 1 saturated heterocycles. The highest BCUT2D eigenvalue weighted by atomic mass is 16.6. The smallest absolute Gasteiger partial charge is 0.423 e. The van der Waals surface area contributed by atoms with Gasteiger partial charge in [0, 0.05) is 26.2 Å². The molecule has 9 nitrogen and oxygen atoms in total. The average molecular weight is 288 g/mol. The molecule has 1 aliphatic rings. The van der Waals surface area contributed by atoms with Crippen LogP contribution in [-0.4, -0.2) is 64.9 Å². The van der Waals surface area contributed by atoms with Crippen molar-refractivity contribution in [2.24, 2.45) is 0 Å². The SMILES string of the molecule is CC(C)(C)OC(=O)N1CCN(C(=O)NNC(=O)O)CC1. The lowest BCUT2D eigenvalue weighted by atomic mass is 10.2. The van der Waals surface area contributed by atoms with Gasteiger partial charge in [0.1, 0.15) is 5.60 Å². The van der Waals surface area contributed by atoms with Gasteiger partial charge in [0.15, 0.2) is 0 Å². The Morgan fingerprint density at radius 2 is 1.50 bits per heavy atom. The highest BCUT2D eigenvalue weighted by Crippen LogP contribution is 2.11. The lowest BCUT2D eigenvalue weighted by Crippen LogP contribution is -2.56. The van der Waals surface area contributed by atoms with E-state index < -0.39 is 23.8 Å². The summed E-state index contributed by atoms with van der Waals surface area (Å²) in [7, 11) is 0. The van der Waals surface area contributed by atoms with Crippen LogP contribution >= 0.6 is 0 Å². The van der Waals surface area contributed by atoms with E-state index in [4.69, 9.17) is 9.84 Å². The Hall–Kier alpha value is -2.19. The largest absolute Gasteiger partial charge is 0.464 e. The number of ether oxygens (including phenoxy) is 1. The number of carbonyl (C=O) groups excluding carboxylic acids is 2. The van der Waals surface area contributed by atoms with Crippen molar-refractivity contribution in [3.05, 3.63) is 0 Å². The minimum Gasteiger partial charge on any atom is -0.464 e. The summed E-state index contributed by atoms with van der Waals surface area (Å²) in [5.41, 5.74) is 3.26. The van der Waals surface area contributed by atoms with E-state index in [9.17, 15) is 14.4 Å². The fourth-order valence-electron chi connectivity index (χ4n) is 1.60. The third-order valence-corrected chi connectivity index (χ3v) is 2.49. The number of carbonyl (C=O) groups is 3. The van der Waals surface area contributed by atoms with Gasteiger partial charge in [0.2, 0.25) is 0 Å². The molecular weight excluding hydrogens is 268 g/mol. The number of nitrogens with one attached hydrogen (secondary N) is 2.